The number of hydrogen-bond donors (Lipinski definition) is 4. The van der Waals surface area contributed by atoms with Crippen molar-refractivity contribution in [1.82, 2.24) is 5.32 Å². The molecule has 9 heteroatoms. The lowest BCUT2D eigenvalue weighted by atomic mass is 9.46. The number of ether oxygens (including phenoxy) is 2. The van der Waals surface area contributed by atoms with Crippen LogP contribution >= 0.6 is 11.8 Å². The monoisotopic (exact) mass is 570 g/mol. The molecule has 0 heterocycles. The minimum Gasteiger partial charge on any atom is -0.496 e. The van der Waals surface area contributed by atoms with Crippen LogP contribution in [0, 0.1) is 22.7 Å². The van der Waals surface area contributed by atoms with Gasteiger partial charge in [0.25, 0.3) is 0 Å². The highest BCUT2D eigenvalue weighted by molar-refractivity contribution is 7.98. The number of anilines is 1. The SMILES string of the molecule is COc1ccccc1CNC(=O)C[C@@H]1[C@H](O)CC[C@H]2[C@](C)(CO)[C@H](OC(=O)Nc3cccc(SC)c3)CC[C@]21C. The number of nitrogens with one attached hydrogen (secondary N) is 2. The molecule has 0 aliphatic heterocycles. The van der Waals surface area contributed by atoms with Crippen molar-refractivity contribution >= 4 is 29.4 Å². The van der Waals surface area contributed by atoms with Crippen molar-refractivity contribution < 1.29 is 29.3 Å². The van der Waals surface area contributed by atoms with E-state index in [1.54, 1.807) is 18.9 Å². The molecule has 0 radical (unpaired) electrons. The van der Waals surface area contributed by atoms with Crippen LogP contribution in [0.25, 0.3) is 0 Å². The number of aliphatic hydroxyl groups is 2. The van der Waals surface area contributed by atoms with Gasteiger partial charge in [0.1, 0.15) is 11.9 Å². The average Bonchev–Trinajstić information content (AvgIpc) is 2.95. The number of benzene rings is 2. The summed E-state index contributed by atoms with van der Waals surface area (Å²) < 4.78 is 11.3. The molecule has 2 aromatic rings. The van der Waals surface area contributed by atoms with Crippen LogP contribution in [-0.4, -0.2) is 54.4 Å². The summed E-state index contributed by atoms with van der Waals surface area (Å²) in [6, 6.07) is 15.1. The Hall–Kier alpha value is -2.75. The maximum absolute atomic E-state index is 13.1. The number of fused-ring (bicyclic) bond motifs is 1. The Bertz CT molecular complexity index is 1190. The number of carbonyl (C=O) groups is 2. The van der Waals surface area contributed by atoms with E-state index < -0.39 is 29.1 Å². The predicted octanol–water partition coefficient (Wildman–Crippen LogP) is 5.23. The fourth-order valence-electron chi connectivity index (χ4n) is 7.07. The Morgan fingerprint density at radius 3 is 2.60 bits per heavy atom. The lowest BCUT2D eigenvalue weighted by Gasteiger charge is -2.60. The second kappa shape index (κ2) is 12.8. The van der Waals surface area contributed by atoms with Crippen molar-refractivity contribution in [1.29, 1.82) is 0 Å². The molecule has 0 saturated heterocycles. The Kier molecular flexibility index (Phi) is 9.69. The van der Waals surface area contributed by atoms with Gasteiger partial charge in [-0.1, -0.05) is 38.1 Å². The summed E-state index contributed by atoms with van der Waals surface area (Å²) in [4.78, 5) is 27.0. The number of thioether (sulfide) groups is 1. The molecule has 6 atom stereocenters. The standard InChI is InChI=1S/C31H42N2O6S/c1-30-15-14-27(39-29(37)33-21-9-7-10-22(16-21)40-4)31(2,19-34)26(30)13-12-24(35)23(30)17-28(36)32-18-20-8-5-6-11-25(20)38-3/h5-11,16,23-24,26-27,34-35H,12-15,17-19H2,1-4H3,(H,32,36)(H,33,37)/t23-,24-,26-,27-,30+,31+/m1/s1. The maximum Gasteiger partial charge on any atom is 0.411 e. The lowest BCUT2D eigenvalue weighted by molar-refractivity contribution is -0.185. The Morgan fingerprint density at radius 1 is 1.10 bits per heavy atom. The van der Waals surface area contributed by atoms with Crippen LogP contribution in [0.5, 0.6) is 5.75 Å². The molecule has 2 aliphatic rings. The fourth-order valence-corrected chi connectivity index (χ4v) is 7.53. The van der Waals surface area contributed by atoms with Gasteiger partial charge in [-0.15, -0.1) is 11.8 Å². The summed E-state index contributed by atoms with van der Waals surface area (Å²) >= 11 is 1.59. The molecule has 4 rings (SSSR count). The minimum atomic E-state index is -0.711. The van der Waals surface area contributed by atoms with Gasteiger partial charge in [-0.2, -0.15) is 0 Å². The molecule has 0 spiro atoms. The lowest BCUT2D eigenvalue weighted by Crippen LogP contribution is -2.61. The Labute approximate surface area is 241 Å². The van der Waals surface area contributed by atoms with Gasteiger partial charge in [-0.25, -0.2) is 4.79 Å². The van der Waals surface area contributed by atoms with Gasteiger partial charge < -0.3 is 25.0 Å². The number of amides is 2. The Balaban J connectivity index is 1.45. The molecule has 2 fully saturated rings. The van der Waals surface area contributed by atoms with Gasteiger partial charge in [0.05, 0.1) is 19.8 Å². The smallest absolute Gasteiger partial charge is 0.411 e. The van der Waals surface area contributed by atoms with Crippen LogP contribution < -0.4 is 15.4 Å². The van der Waals surface area contributed by atoms with Gasteiger partial charge >= 0.3 is 6.09 Å². The number of para-hydroxylation sites is 1. The van der Waals surface area contributed by atoms with Crippen LogP contribution in [0.2, 0.25) is 0 Å². The topological polar surface area (TPSA) is 117 Å². The van der Waals surface area contributed by atoms with Crippen LogP contribution in [0.15, 0.2) is 53.4 Å². The maximum atomic E-state index is 13.1. The van der Waals surface area contributed by atoms with Crippen LogP contribution in [0.4, 0.5) is 10.5 Å². The number of carbonyl (C=O) groups excluding carboxylic acids is 2. The zero-order chi connectivity index (χ0) is 28.9. The summed E-state index contributed by atoms with van der Waals surface area (Å²) in [5.41, 5.74) is 0.427. The number of methoxy groups -OCH3 is 1. The zero-order valence-electron chi connectivity index (χ0n) is 23.8. The molecule has 8 nitrogen and oxygen atoms in total. The first-order valence-corrected chi connectivity index (χ1v) is 15.2. The number of aliphatic hydroxyl groups excluding tert-OH is 2. The molecule has 2 saturated carbocycles. The molecule has 2 aliphatic carbocycles. The van der Waals surface area contributed by atoms with Crippen LogP contribution in [0.1, 0.15) is 51.5 Å². The van der Waals surface area contributed by atoms with Gasteiger partial charge in [-0.05, 0) is 73.5 Å². The summed E-state index contributed by atoms with van der Waals surface area (Å²) in [7, 11) is 1.60. The first-order chi connectivity index (χ1) is 19.1. The van der Waals surface area contributed by atoms with Gasteiger partial charge in [-0.3, -0.25) is 10.1 Å². The third kappa shape index (κ3) is 6.26. The third-order valence-electron chi connectivity index (χ3n) is 9.32. The molecule has 40 heavy (non-hydrogen) atoms. The van der Waals surface area contributed by atoms with Gasteiger partial charge in [0.15, 0.2) is 0 Å². The first-order valence-electron chi connectivity index (χ1n) is 13.9. The summed E-state index contributed by atoms with van der Waals surface area (Å²) in [6.07, 6.45) is 2.93. The molecule has 0 aromatic heterocycles. The molecule has 0 bridgehead atoms. The van der Waals surface area contributed by atoms with E-state index in [9.17, 15) is 19.8 Å². The second-order valence-electron chi connectivity index (χ2n) is 11.6. The molecular weight excluding hydrogens is 528 g/mol. The van der Waals surface area contributed by atoms with Gasteiger partial charge in [0, 0.05) is 34.5 Å². The van der Waals surface area contributed by atoms with E-state index >= 15 is 0 Å². The second-order valence-corrected chi connectivity index (χ2v) is 12.4. The van der Waals surface area contributed by atoms with Gasteiger partial charge in [0.2, 0.25) is 5.91 Å². The number of rotatable bonds is 9. The highest BCUT2D eigenvalue weighted by Gasteiger charge is 2.60. The molecular formula is C31H42N2O6S. The normalized spacial score (nSPS) is 29.6. The number of hydrogen-bond acceptors (Lipinski definition) is 7. The van der Waals surface area contributed by atoms with Crippen molar-refractivity contribution in [3.63, 3.8) is 0 Å². The summed E-state index contributed by atoms with van der Waals surface area (Å²) in [6.45, 7) is 4.27. The Morgan fingerprint density at radius 2 is 1.88 bits per heavy atom. The minimum absolute atomic E-state index is 0.0354. The molecule has 218 valence electrons. The van der Waals surface area contributed by atoms with Crippen molar-refractivity contribution in [2.45, 2.75) is 69.6 Å². The molecule has 4 N–H and O–H groups in total. The third-order valence-corrected chi connectivity index (χ3v) is 10.0. The van der Waals surface area contributed by atoms with E-state index in [0.717, 1.165) is 10.5 Å². The predicted molar refractivity (Wildman–Crippen MR) is 156 cm³/mol. The average molecular weight is 571 g/mol. The fraction of sp³-hybridized carbons (Fsp3) is 0.548. The summed E-state index contributed by atoms with van der Waals surface area (Å²) in [5, 5.41) is 27.6. The largest absolute Gasteiger partial charge is 0.496 e. The van der Waals surface area contributed by atoms with Crippen LogP contribution in [0.3, 0.4) is 0 Å². The van der Waals surface area contributed by atoms with Crippen molar-refractivity contribution in [2.24, 2.45) is 22.7 Å². The van der Waals surface area contributed by atoms with Crippen molar-refractivity contribution in [2.75, 3.05) is 25.3 Å². The highest BCUT2D eigenvalue weighted by Crippen LogP contribution is 2.61. The van der Waals surface area contributed by atoms with E-state index in [-0.39, 0.29) is 30.8 Å². The summed E-state index contributed by atoms with van der Waals surface area (Å²) in [5.74, 6) is 0.268. The van der Waals surface area contributed by atoms with E-state index in [1.165, 1.54) is 0 Å². The van der Waals surface area contributed by atoms with Crippen LogP contribution in [-0.2, 0) is 16.1 Å². The van der Waals surface area contributed by atoms with E-state index in [1.807, 2.05) is 61.7 Å². The molecule has 2 aromatic carbocycles. The molecule has 0 unspecified atom stereocenters. The van der Waals surface area contributed by atoms with Crippen molar-refractivity contribution in [3.05, 3.63) is 54.1 Å². The quantitative estimate of drug-likeness (QED) is 0.305. The zero-order valence-corrected chi connectivity index (χ0v) is 24.6. The molecule has 2 amide bonds. The van der Waals surface area contributed by atoms with E-state index in [4.69, 9.17) is 9.47 Å². The first kappa shape index (κ1) is 30.2. The highest BCUT2D eigenvalue weighted by atomic mass is 32.2. The van der Waals surface area contributed by atoms with Crippen molar-refractivity contribution in [3.8, 4) is 5.75 Å². The van der Waals surface area contributed by atoms with E-state index in [2.05, 4.69) is 17.6 Å². The van der Waals surface area contributed by atoms with E-state index in [0.29, 0.717) is 43.7 Å².